The van der Waals surface area contributed by atoms with Crippen LogP contribution < -0.4 is 0 Å². The third-order valence-electron chi connectivity index (χ3n) is 7.72. The maximum absolute atomic E-state index is 12.3. The van der Waals surface area contributed by atoms with Gasteiger partial charge in [0.2, 0.25) is 0 Å². The number of carbonyl (C=O) groups is 2. The lowest BCUT2D eigenvalue weighted by atomic mass is 10.1. The lowest BCUT2D eigenvalue weighted by Crippen LogP contribution is -2.29. The van der Waals surface area contributed by atoms with Crippen molar-refractivity contribution in [3.63, 3.8) is 0 Å². The minimum absolute atomic E-state index is 0.113. The second kappa shape index (κ2) is 36.3. The highest BCUT2D eigenvalue weighted by atomic mass is 31.2. The molecule has 0 aromatic heterocycles. The number of carbonyl (C=O) groups excluding carboxylic acids is 2. The number of esters is 2. The molecule has 1 atom stereocenters. The van der Waals surface area contributed by atoms with Gasteiger partial charge in [0, 0.05) is 12.8 Å². The van der Waals surface area contributed by atoms with Gasteiger partial charge in [0.25, 0.3) is 0 Å². The fourth-order valence-electron chi connectivity index (χ4n) is 4.90. The Labute approximate surface area is 304 Å². The third kappa shape index (κ3) is 38.3. The highest BCUT2D eigenvalue weighted by molar-refractivity contribution is 7.46. The predicted molar refractivity (Wildman–Crippen MR) is 207 cm³/mol. The summed E-state index contributed by atoms with van der Waals surface area (Å²) < 4.78 is 26.2. The van der Waals surface area contributed by atoms with Gasteiger partial charge in [-0.15, -0.1) is 0 Å². The molecule has 0 saturated heterocycles. The average Bonchev–Trinajstić information content (AvgIpc) is 3.08. The van der Waals surface area contributed by atoms with Crippen molar-refractivity contribution >= 4 is 19.8 Å². The summed E-state index contributed by atoms with van der Waals surface area (Å²) in [5.41, 5.74) is 0. The maximum Gasteiger partial charge on any atom is 0.469 e. The van der Waals surface area contributed by atoms with E-state index in [1.165, 1.54) is 64.2 Å². The molecule has 0 radical (unpaired) electrons. The Bertz CT molecular complexity index is 1040. The molecule has 0 amide bonds. The van der Waals surface area contributed by atoms with E-state index in [2.05, 4.69) is 79.1 Å². The summed E-state index contributed by atoms with van der Waals surface area (Å²) in [6.45, 7) is 3.47. The zero-order chi connectivity index (χ0) is 36.8. The molecule has 0 aliphatic heterocycles. The monoisotopic (exact) mass is 720 g/mol. The van der Waals surface area contributed by atoms with Crippen molar-refractivity contribution in [3.8, 4) is 0 Å². The van der Waals surface area contributed by atoms with Gasteiger partial charge in [-0.05, 0) is 64.2 Å². The molecule has 50 heavy (non-hydrogen) atoms. The first kappa shape index (κ1) is 47.5. The molecule has 8 nitrogen and oxygen atoms in total. The summed E-state index contributed by atoms with van der Waals surface area (Å²) in [5.74, 6) is -1.02. The Morgan fingerprint density at radius 2 is 1.00 bits per heavy atom. The van der Waals surface area contributed by atoms with Crippen LogP contribution in [0.3, 0.4) is 0 Å². The van der Waals surface area contributed by atoms with Gasteiger partial charge in [0.05, 0.1) is 6.61 Å². The van der Waals surface area contributed by atoms with Crippen LogP contribution in [0.5, 0.6) is 0 Å². The van der Waals surface area contributed by atoms with Crippen molar-refractivity contribution < 1.29 is 37.9 Å². The number of hydrogen-bond donors (Lipinski definition) is 2. The second-order valence-electron chi connectivity index (χ2n) is 12.5. The molecule has 0 unspecified atom stereocenters. The van der Waals surface area contributed by atoms with Gasteiger partial charge in [0.1, 0.15) is 6.61 Å². The second-order valence-corrected chi connectivity index (χ2v) is 13.8. The number of phosphoric ester groups is 1. The Balaban J connectivity index is 4.11. The molecule has 0 aliphatic rings. The highest BCUT2D eigenvalue weighted by Crippen LogP contribution is 2.35. The molecule has 0 saturated carbocycles. The topological polar surface area (TPSA) is 119 Å². The lowest BCUT2D eigenvalue weighted by molar-refractivity contribution is -0.161. The number of hydrogen-bond acceptors (Lipinski definition) is 6. The van der Waals surface area contributed by atoms with Crippen molar-refractivity contribution in [3.05, 3.63) is 72.9 Å². The zero-order valence-electron chi connectivity index (χ0n) is 31.3. The molecule has 0 aromatic carbocycles. The summed E-state index contributed by atoms with van der Waals surface area (Å²) in [4.78, 5) is 42.7. The van der Waals surface area contributed by atoms with Crippen LogP contribution in [0.4, 0.5) is 0 Å². The number of unbranched alkanes of at least 4 members (excludes halogenated alkanes) is 12. The number of phosphoric acid groups is 1. The first-order valence-corrected chi connectivity index (χ1v) is 20.8. The summed E-state index contributed by atoms with van der Waals surface area (Å²) in [7, 11) is -4.78. The van der Waals surface area contributed by atoms with Crippen LogP contribution in [0.2, 0.25) is 0 Å². The molecule has 0 aliphatic carbocycles. The van der Waals surface area contributed by atoms with Gasteiger partial charge >= 0.3 is 19.8 Å². The van der Waals surface area contributed by atoms with Crippen molar-refractivity contribution in [2.75, 3.05) is 13.2 Å². The van der Waals surface area contributed by atoms with Gasteiger partial charge in [-0.3, -0.25) is 14.1 Å². The van der Waals surface area contributed by atoms with Crippen LogP contribution in [-0.4, -0.2) is 41.0 Å². The highest BCUT2D eigenvalue weighted by Gasteiger charge is 2.22. The minimum Gasteiger partial charge on any atom is -0.462 e. The Morgan fingerprint density at radius 3 is 1.54 bits per heavy atom. The average molecular weight is 721 g/mol. The minimum atomic E-state index is -4.78. The summed E-state index contributed by atoms with van der Waals surface area (Å²) >= 11 is 0. The fourth-order valence-corrected chi connectivity index (χ4v) is 5.26. The van der Waals surface area contributed by atoms with Gasteiger partial charge in [-0.2, -0.15) is 0 Å². The predicted octanol–water partition coefficient (Wildman–Crippen LogP) is 11.5. The lowest BCUT2D eigenvalue weighted by Gasteiger charge is -2.18. The van der Waals surface area contributed by atoms with Gasteiger partial charge in [-0.25, -0.2) is 4.57 Å². The van der Waals surface area contributed by atoms with Crippen LogP contribution >= 0.6 is 7.82 Å². The summed E-state index contributed by atoms with van der Waals surface area (Å²) in [6, 6.07) is 0. The molecule has 0 heterocycles. The van der Waals surface area contributed by atoms with E-state index in [0.29, 0.717) is 12.8 Å². The molecular weight excluding hydrogens is 651 g/mol. The molecule has 2 N–H and O–H groups in total. The zero-order valence-corrected chi connectivity index (χ0v) is 32.2. The van der Waals surface area contributed by atoms with Crippen LogP contribution in [0.25, 0.3) is 0 Å². The summed E-state index contributed by atoms with van der Waals surface area (Å²) in [6.07, 6.45) is 46.4. The summed E-state index contributed by atoms with van der Waals surface area (Å²) in [5, 5.41) is 0. The quantitative estimate of drug-likeness (QED) is 0.0292. The number of allylic oxidation sites excluding steroid dienone is 12. The first-order valence-electron chi connectivity index (χ1n) is 19.2. The van der Waals surface area contributed by atoms with E-state index in [4.69, 9.17) is 19.3 Å². The number of ether oxygens (including phenoxy) is 2. The van der Waals surface area contributed by atoms with E-state index in [9.17, 15) is 14.2 Å². The molecule has 9 heteroatoms. The van der Waals surface area contributed by atoms with Crippen molar-refractivity contribution in [2.24, 2.45) is 0 Å². The Kier molecular flexibility index (Phi) is 34.5. The van der Waals surface area contributed by atoms with Crippen LogP contribution in [0.1, 0.15) is 155 Å². The van der Waals surface area contributed by atoms with E-state index in [-0.39, 0.29) is 19.4 Å². The number of rotatable bonds is 34. The van der Waals surface area contributed by atoms with E-state index < -0.39 is 32.5 Å². The third-order valence-corrected chi connectivity index (χ3v) is 8.21. The molecule has 0 rings (SSSR count). The SMILES string of the molecule is CC/C=C/C/C=C/C/C=C/C/C=C/C/C=C/CCCC(=O)OC[C@H](COP(=O)(O)O)OC(=O)CC/C=C/CCCCCCCCCCCCC. The first-order chi connectivity index (χ1) is 24.3. The van der Waals surface area contributed by atoms with Gasteiger partial charge in [0.15, 0.2) is 6.10 Å². The largest absolute Gasteiger partial charge is 0.469 e. The standard InChI is InChI=1S/C41H69O8P/c1-3-5-7-9-11-13-15-17-19-20-22-23-25-27-29-31-33-35-40(42)47-37-39(38-48-50(44,45)46)49-41(43)36-34-32-30-28-26-24-21-18-16-14-12-10-8-6-4-2/h5,7,11,13,17,19,22-23,27,29-30,32,39H,3-4,6,8-10,12,14-16,18,20-21,24-26,28,31,33-38H2,1-2H3,(H2,44,45,46)/b7-5+,13-11+,19-17+,23-22+,29-27+,32-30+/t39-/m1/s1. The fraction of sp³-hybridized carbons (Fsp3) is 0.659. The molecule has 0 aromatic rings. The smallest absolute Gasteiger partial charge is 0.462 e. The van der Waals surface area contributed by atoms with Crippen LogP contribution in [-0.2, 0) is 28.2 Å². The molecular formula is C41H69O8P. The van der Waals surface area contributed by atoms with Crippen molar-refractivity contribution in [1.29, 1.82) is 0 Å². The van der Waals surface area contributed by atoms with Crippen LogP contribution in [0.15, 0.2) is 72.9 Å². The maximum atomic E-state index is 12.3. The molecule has 0 fully saturated rings. The van der Waals surface area contributed by atoms with Gasteiger partial charge < -0.3 is 19.3 Å². The molecule has 286 valence electrons. The van der Waals surface area contributed by atoms with E-state index in [1.54, 1.807) is 0 Å². The van der Waals surface area contributed by atoms with Crippen molar-refractivity contribution in [2.45, 2.75) is 161 Å². The normalized spacial score (nSPS) is 13.3. The van der Waals surface area contributed by atoms with E-state index >= 15 is 0 Å². The molecule has 0 spiro atoms. The Morgan fingerprint density at radius 1 is 0.540 bits per heavy atom. The van der Waals surface area contributed by atoms with E-state index in [0.717, 1.165) is 51.4 Å². The molecule has 0 bridgehead atoms. The van der Waals surface area contributed by atoms with Gasteiger partial charge in [-0.1, -0.05) is 151 Å². The van der Waals surface area contributed by atoms with E-state index in [1.807, 2.05) is 12.2 Å². The Hall–Kier alpha value is -2.51. The van der Waals surface area contributed by atoms with Crippen molar-refractivity contribution in [1.82, 2.24) is 0 Å². The van der Waals surface area contributed by atoms with Crippen LogP contribution in [0, 0.1) is 0 Å².